The number of nitrogens with zero attached hydrogens (tertiary/aromatic N) is 5. The van der Waals surface area contributed by atoms with Gasteiger partial charge in [-0.2, -0.15) is 20.2 Å². The molecule has 18 heavy (non-hydrogen) atoms. The van der Waals surface area contributed by atoms with Gasteiger partial charge in [0.15, 0.2) is 5.16 Å². The van der Waals surface area contributed by atoms with Crippen LogP contribution < -0.4 is 10.2 Å². The lowest BCUT2D eigenvalue weighted by Gasteiger charge is -2.19. The first-order chi connectivity index (χ1) is 8.74. The van der Waals surface area contributed by atoms with E-state index in [0.29, 0.717) is 22.8 Å². The third-order valence-electron chi connectivity index (χ3n) is 2.25. The molecule has 0 aromatic carbocycles. The zero-order valence-electron chi connectivity index (χ0n) is 11.0. The van der Waals surface area contributed by atoms with Crippen LogP contribution in [0.5, 0.6) is 0 Å². The van der Waals surface area contributed by atoms with Gasteiger partial charge in [-0.15, -0.1) is 0 Å². The maximum Gasteiger partial charge on any atom is 0.231 e. The Bertz CT molecular complexity index is 412. The van der Waals surface area contributed by atoms with E-state index in [-0.39, 0.29) is 0 Å². The zero-order chi connectivity index (χ0) is 13.4. The summed E-state index contributed by atoms with van der Waals surface area (Å²) in [6.07, 6.45) is 0. The van der Waals surface area contributed by atoms with Crippen LogP contribution in [-0.4, -0.2) is 40.3 Å². The molecule has 98 valence electrons. The van der Waals surface area contributed by atoms with Crippen LogP contribution >= 0.6 is 11.8 Å². The van der Waals surface area contributed by atoms with E-state index in [4.69, 9.17) is 5.26 Å². The minimum Gasteiger partial charge on any atom is -0.354 e. The average molecular weight is 266 g/mol. The fourth-order valence-electron chi connectivity index (χ4n) is 1.39. The molecular weight excluding hydrogens is 248 g/mol. The second kappa shape index (κ2) is 7.71. The van der Waals surface area contributed by atoms with Gasteiger partial charge < -0.3 is 10.2 Å². The summed E-state index contributed by atoms with van der Waals surface area (Å²) < 4.78 is 0. The van der Waals surface area contributed by atoms with E-state index in [0.717, 1.165) is 19.6 Å². The summed E-state index contributed by atoms with van der Waals surface area (Å²) in [5, 5.41) is 12.3. The maximum atomic E-state index is 8.60. The van der Waals surface area contributed by atoms with Crippen LogP contribution in [0.25, 0.3) is 0 Å². The number of aromatic nitrogens is 3. The Morgan fingerprint density at radius 1 is 1.22 bits per heavy atom. The molecule has 1 heterocycles. The number of nitriles is 1. The Balaban J connectivity index is 3.01. The second-order valence-corrected chi connectivity index (χ2v) is 4.33. The van der Waals surface area contributed by atoms with Gasteiger partial charge in [-0.3, -0.25) is 0 Å². The van der Waals surface area contributed by atoms with E-state index in [1.807, 2.05) is 6.92 Å². The molecule has 0 spiro atoms. The molecule has 1 N–H and O–H groups in total. The molecule has 0 aliphatic rings. The molecule has 0 aliphatic heterocycles. The van der Waals surface area contributed by atoms with Crippen LogP contribution in [0.1, 0.15) is 20.8 Å². The van der Waals surface area contributed by atoms with Crippen molar-refractivity contribution in [2.45, 2.75) is 25.9 Å². The highest BCUT2D eigenvalue weighted by Gasteiger charge is 2.10. The second-order valence-electron chi connectivity index (χ2n) is 3.39. The van der Waals surface area contributed by atoms with Crippen molar-refractivity contribution in [2.75, 3.05) is 35.6 Å². The molecule has 0 radical (unpaired) electrons. The van der Waals surface area contributed by atoms with Gasteiger partial charge in [0.2, 0.25) is 11.9 Å². The number of thioether (sulfide) groups is 1. The lowest BCUT2D eigenvalue weighted by molar-refractivity contribution is 0.783. The SMILES string of the molecule is CCNc1nc(SCC#N)nc(N(CC)CC)n1. The van der Waals surface area contributed by atoms with Crippen molar-refractivity contribution < 1.29 is 0 Å². The largest absolute Gasteiger partial charge is 0.354 e. The van der Waals surface area contributed by atoms with Crippen LogP contribution in [0, 0.1) is 11.3 Å². The summed E-state index contributed by atoms with van der Waals surface area (Å²) in [5.41, 5.74) is 0. The van der Waals surface area contributed by atoms with Gasteiger partial charge in [-0.25, -0.2) is 0 Å². The molecule has 0 saturated heterocycles. The van der Waals surface area contributed by atoms with Crippen molar-refractivity contribution in [1.82, 2.24) is 15.0 Å². The van der Waals surface area contributed by atoms with Crippen molar-refractivity contribution in [3.8, 4) is 6.07 Å². The molecular formula is C11H18N6S. The van der Waals surface area contributed by atoms with E-state index in [2.05, 4.69) is 45.1 Å². The van der Waals surface area contributed by atoms with Gasteiger partial charge >= 0.3 is 0 Å². The molecule has 7 heteroatoms. The van der Waals surface area contributed by atoms with Crippen molar-refractivity contribution in [2.24, 2.45) is 0 Å². The van der Waals surface area contributed by atoms with Gasteiger partial charge in [0.1, 0.15) is 0 Å². The summed E-state index contributed by atoms with van der Waals surface area (Å²) in [7, 11) is 0. The van der Waals surface area contributed by atoms with Crippen molar-refractivity contribution in [1.29, 1.82) is 5.26 Å². The zero-order valence-corrected chi connectivity index (χ0v) is 11.8. The monoisotopic (exact) mass is 266 g/mol. The number of hydrogen-bond donors (Lipinski definition) is 1. The number of nitrogens with one attached hydrogen (secondary N) is 1. The van der Waals surface area contributed by atoms with Gasteiger partial charge in [0.05, 0.1) is 11.8 Å². The first-order valence-electron chi connectivity index (χ1n) is 5.99. The average Bonchev–Trinajstić information content (AvgIpc) is 2.38. The third kappa shape index (κ3) is 4.04. The van der Waals surface area contributed by atoms with Crippen LogP contribution in [0.3, 0.4) is 0 Å². The molecule has 6 nitrogen and oxygen atoms in total. The van der Waals surface area contributed by atoms with Gasteiger partial charge in [0, 0.05) is 19.6 Å². The van der Waals surface area contributed by atoms with Crippen molar-refractivity contribution in [3.63, 3.8) is 0 Å². The fraction of sp³-hybridized carbons (Fsp3) is 0.636. The van der Waals surface area contributed by atoms with Crippen LogP contribution in [0.15, 0.2) is 5.16 Å². The Morgan fingerprint density at radius 3 is 2.50 bits per heavy atom. The van der Waals surface area contributed by atoms with E-state index in [1.54, 1.807) is 0 Å². The van der Waals surface area contributed by atoms with Crippen molar-refractivity contribution in [3.05, 3.63) is 0 Å². The quantitative estimate of drug-likeness (QED) is 0.753. The molecule has 1 aromatic heterocycles. The predicted molar refractivity (Wildman–Crippen MR) is 73.9 cm³/mol. The minimum atomic E-state index is 0.341. The van der Waals surface area contributed by atoms with Gasteiger partial charge in [-0.05, 0) is 20.8 Å². The molecule has 0 saturated carbocycles. The summed E-state index contributed by atoms with van der Waals surface area (Å²) >= 11 is 1.32. The van der Waals surface area contributed by atoms with E-state index in [9.17, 15) is 0 Å². The van der Waals surface area contributed by atoms with E-state index in [1.165, 1.54) is 11.8 Å². The summed E-state index contributed by atoms with van der Waals surface area (Å²) in [4.78, 5) is 15.1. The molecule has 0 atom stereocenters. The minimum absolute atomic E-state index is 0.341. The highest BCUT2D eigenvalue weighted by Crippen LogP contribution is 2.18. The van der Waals surface area contributed by atoms with Crippen molar-refractivity contribution >= 4 is 23.7 Å². The van der Waals surface area contributed by atoms with Crippen LogP contribution in [-0.2, 0) is 0 Å². The molecule has 0 aliphatic carbocycles. The van der Waals surface area contributed by atoms with E-state index >= 15 is 0 Å². The van der Waals surface area contributed by atoms with Gasteiger partial charge in [-0.1, -0.05) is 11.8 Å². The Hall–Kier alpha value is -1.55. The Kier molecular flexibility index (Phi) is 6.22. The molecule has 0 unspecified atom stereocenters. The van der Waals surface area contributed by atoms with E-state index < -0.39 is 0 Å². The maximum absolute atomic E-state index is 8.60. The smallest absolute Gasteiger partial charge is 0.231 e. The summed E-state index contributed by atoms with van der Waals surface area (Å²) in [6.45, 7) is 8.54. The molecule has 0 amide bonds. The third-order valence-corrected chi connectivity index (χ3v) is 2.96. The number of rotatable bonds is 7. The number of anilines is 2. The molecule has 1 rings (SSSR count). The highest BCUT2D eigenvalue weighted by atomic mass is 32.2. The predicted octanol–water partition coefficient (Wildman–Crippen LogP) is 1.77. The van der Waals surface area contributed by atoms with Crippen LogP contribution in [0.4, 0.5) is 11.9 Å². The van der Waals surface area contributed by atoms with Crippen LogP contribution in [0.2, 0.25) is 0 Å². The Morgan fingerprint density at radius 2 is 1.94 bits per heavy atom. The topological polar surface area (TPSA) is 77.7 Å². The Labute approximate surface area is 112 Å². The molecule has 1 aromatic rings. The standard InChI is InChI=1S/C11H18N6S/c1-4-13-9-14-10(17(5-2)6-3)16-11(15-9)18-8-7-12/h4-6,8H2,1-3H3,(H,13,14,15,16). The molecule has 0 fully saturated rings. The first-order valence-corrected chi connectivity index (χ1v) is 6.98. The lowest BCUT2D eigenvalue weighted by Crippen LogP contribution is -2.25. The number of hydrogen-bond acceptors (Lipinski definition) is 7. The first kappa shape index (κ1) is 14.5. The summed E-state index contributed by atoms with van der Waals surface area (Å²) in [5.74, 6) is 1.56. The summed E-state index contributed by atoms with van der Waals surface area (Å²) in [6, 6.07) is 2.07. The van der Waals surface area contributed by atoms with Gasteiger partial charge in [0.25, 0.3) is 0 Å². The molecule has 0 bridgehead atoms. The normalized spacial score (nSPS) is 9.89. The lowest BCUT2D eigenvalue weighted by atomic mass is 10.5. The highest BCUT2D eigenvalue weighted by molar-refractivity contribution is 7.99. The fourth-order valence-corrected chi connectivity index (χ4v) is 1.88.